The molecule has 82 valence electrons. The number of benzene rings is 1. The lowest BCUT2D eigenvalue weighted by atomic mass is 10.2. The van der Waals surface area contributed by atoms with Crippen molar-refractivity contribution in [3.63, 3.8) is 0 Å². The quantitative estimate of drug-likeness (QED) is 0.781. The average Bonchev–Trinajstić information content (AvgIpc) is 2.19. The second-order valence-corrected chi connectivity index (χ2v) is 3.65. The molecule has 1 aromatic rings. The van der Waals surface area contributed by atoms with Gasteiger partial charge in [-0.2, -0.15) is 0 Å². The van der Waals surface area contributed by atoms with Crippen LogP contribution in [0.15, 0.2) is 30.3 Å². The van der Waals surface area contributed by atoms with Crippen LogP contribution in [0.2, 0.25) is 0 Å². The van der Waals surface area contributed by atoms with Crippen LogP contribution in [0.1, 0.15) is 26.7 Å². The van der Waals surface area contributed by atoms with Crippen LogP contribution in [0.5, 0.6) is 0 Å². The number of anilines is 1. The van der Waals surface area contributed by atoms with Crippen molar-refractivity contribution in [2.24, 2.45) is 0 Å². The SMILES string of the molecule is CCC[C@H](C)NC(=O)Nc1ccccc1. The standard InChI is InChI=1S/C12H18N2O/c1-3-7-10(2)13-12(15)14-11-8-5-4-6-9-11/h4-6,8-10H,3,7H2,1-2H3,(H2,13,14,15)/t10-/m0/s1. The maximum Gasteiger partial charge on any atom is 0.319 e. The predicted molar refractivity (Wildman–Crippen MR) is 63.0 cm³/mol. The molecular formula is C12H18N2O. The van der Waals surface area contributed by atoms with Crippen molar-refractivity contribution in [2.75, 3.05) is 5.32 Å². The topological polar surface area (TPSA) is 41.1 Å². The molecule has 2 amide bonds. The predicted octanol–water partition coefficient (Wildman–Crippen LogP) is 3.00. The minimum Gasteiger partial charge on any atom is -0.335 e. The van der Waals surface area contributed by atoms with Crippen LogP contribution < -0.4 is 10.6 Å². The number of hydrogen-bond acceptors (Lipinski definition) is 1. The van der Waals surface area contributed by atoms with E-state index in [0.717, 1.165) is 18.5 Å². The van der Waals surface area contributed by atoms with E-state index in [0.29, 0.717) is 0 Å². The van der Waals surface area contributed by atoms with Gasteiger partial charge in [-0.3, -0.25) is 0 Å². The molecule has 1 aromatic carbocycles. The highest BCUT2D eigenvalue weighted by Crippen LogP contribution is 2.04. The average molecular weight is 206 g/mol. The first kappa shape index (κ1) is 11.6. The van der Waals surface area contributed by atoms with Gasteiger partial charge in [0.25, 0.3) is 0 Å². The van der Waals surface area contributed by atoms with Crippen molar-refractivity contribution in [1.29, 1.82) is 0 Å². The van der Waals surface area contributed by atoms with Gasteiger partial charge >= 0.3 is 6.03 Å². The smallest absolute Gasteiger partial charge is 0.319 e. The molecule has 0 aliphatic carbocycles. The van der Waals surface area contributed by atoms with Gasteiger partial charge in [0.2, 0.25) is 0 Å². The molecule has 0 spiro atoms. The molecule has 3 nitrogen and oxygen atoms in total. The van der Waals surface area contributed by atoms with Gasteiger partial charge in [0.15, 0.2) is 0 Å². The summed E-state index contributed by atoms with van der Waals surface area (Å²) in [6.07, 6.45) is 2.08. The highest BCUT2D eigenvalue weighted by atomic mass is 16.2. The van der Waals surface area contributed by atoms with Gasteiger partial charge in [-0.1, -0.05) is 31.5 Å². The molecule has 0 unspecified atom stereocenters. The molecule has 0 aliphatic rings. The molecule has 0 fully saturated rings. The van der Waals surface area contributed by atoms with Crippen LogP contribution in [0, 0.1) is 0 Å². The highest BCUT2D eigenvalue weighted by Gasteiger charge is 2.05. The monoisotopic (exact) mass is 206 g/mol. The number of carbonyl (C=O) groups is 1. The van der Waals surface area contributed by atoms with E-state index in [4.69, 9.17) is 0 Å². The zero-order valence-electron chi connectivity index (χ0n) is 9.29. The van der Waals surface area contributed by atoms with Crippen molar-refractivity contribution < 1.29 is 4.79 Å². The first-order valence-corrected chi connectivity index (χ1v) is 5.35. The Bertz CT molecular complexity index is 298. The number of hydrogen-bond donors (Lipinski definition) is 2. The molecule has 0 heterocycles. The molecule has 2 N–H and O–H groups in total. The molecule has 0 aliphatic heterocycles. The Kier molecular flexibility index (Phi) is 4.68. The Balaban J connectivity index is 2.36. The van der Waals surface area contributed by atoms with Gasteiger partial charge in [0.1, 0.15) is 0 Å². The third-order valence-corrected chi connectivity index (χ3v) is 2.13. The Hall–Kier alpha value is -1.51. The third-order valence-electron chi connectivity index (χ3n) is 2.13. The van der Waals surface area contributed by atoms with Crippen LogP contribution >= 0.6 is 0 Å². The van der Waals surface area contributed by atoms with Crippen molar-refractivity contribution in [1.82, 2.24) is 5.32 Å². The Morgan fingerprint density at radius 3 is 2.60 bits per heavy atom. The maximum absolute atomic E-state index is 11.5. The van der Waals surface area contributed by atoms with E-state index in [-0.39, 0.29) is 12.1 Å². The molecule has 0 bridgehead atoms. The number of amides is 2. The van der Waals surface area contributed by atoms with Crippen molar-refractivity contribution >= 4 is 11.7 Å². The van der Waals surface area contributed by atoms with Crippen LogP contribution in [-0.4, -0.2) is 12.1 Å². The van der Waals surface area contributed by atoms with E-state index in [1.807, 2.05) is 37.3 Å². The summed E-state index contributed by atoms with van der Waals surface area (Å²) in [5.74, 6) is 0. The molecule has 15 heavy (non-hydrogen) atoms. The molecule has 1 atom stereocenters. The number of urea groups is 1. The summed E-state index contributed by atoms with van der Waals surface area (Å²) in [6, 6.07) is 9.52. The number of para-hydroxylation sites is 1. The fourth-order valence-electron chi connectivity index (χ4n) is 1.42. The molecule has 0 aromatic heterocycles. The van der Waals surface area contributed by atoms with Crippen molar-refractivity contribution in [3.05, 3.63) is 30.3 Å². The maximum atomic E-state index is 11.5. The van der Waals surface area contributed by atoms with Crippen LogP contribution in [0.3, 0.4) is 0 Å². The lowest BCUT2D eigenvalue weighted by Crippen LogP contribution is -2.35. The summed E-state index contributed by atoms with van der Waals surface area (Å²) in [4.78, 5) is 11.5. The Labute approximate surface area is 90.9 Å². The largest absolute Gasteiger partial charge is 0.335 e. The highest BCUT2D eigenvalue weighted by molar-refractivity contribution is 5.89. The summed E-state index contributed by atoms with van der Waals surface area (Å²) in [5, 5.41) is 5.66. The van der Waals surface area contributed by atoms with Crippen molar-refractivity contribution in [2.45, 2.75) is 32.7 Å². The summed E-state index contributed by atoms with van der Waals surface area (Å²) < 4.78 is 0. The fraction of sp³-hybridized carbons (Fsp3) is 0.417. The lowest BCUT2D eigenvalue weighted by Gasteiger charge is -2.13. The first-order valence-electron chi connectivity index (χ1n) is 5.35. The summed E-state index contributed by atoms with van der Waals surface area (Å²) >= 11 is 0. The van der Waals surface area contributed by atoms with Gasteiger partial charge in [-0.05, 0) is 25.5 Å². The lowest BCUT2D eigenvalue weighted by molar-refractivity contribution is 0.248. The minimum atomic E-state index is -0.137. The van der Waals surface area contributed by atoms with Crippen LogP contribution in [0.25, 0.3) is 0 Å². The molecule has 0 radical (unpaired) electrons. The van der Waals surface area contributed by atoms with Crippen molar-refractivity contribution in [3.8, 4) is 0 Å². The van der Waals surface area contributed by atoms with Gasteiger partial charge in [0, 0.05) is 11.7 Å². The summed E-state index contributed by atoms with van der Waals surface area (Å²) in [7, 11) is 0. The van der Waals surface area contributed by atoms with E-state index in [9.17, 15) is 4.79 Å². The minimum absolute atomic E-state index is 0.137. The van der Waals surface area contributed by atoms with Gasteiger partial charge in [0.05, 0.1) is 0 Å². The Morgan fingerprint density at radius 1 is 1.33 bits per heavy atom. The van der Waals surface area contributed by atoms with Gasteiger partial charge in [-0.15, -0.1) is 0 Å². The van der Waals surface area contributed by atoms with E-state index in [1.165, 1.54) is 0 Å². The Morgan fingerprint density at radius 2 is 2.00 bits per heavy atom. The molecular weight excluding hydrogens is 188 g/mol. The number of rotatable bonds is 4. The number of carbonyl (C=O) groups excluding carboxylic acids is 1. The van der Waals surface area contributed by atoms with E-state index in [2.05, 4.69) is 17.6 Å². The zero-order chi connectivity index (χ0) is 11.1. The molecule has 0 saturated carbocycles. The van der Waals surface area contributed by atoms with E-state index < -0.39 is 0 Å². The summed E-state index contributed by atoms with van der Waals surface area (Å²) in [6.45, 7) is 4.11. The van der Waals surface area contributed by atoms with Gasteiger partial charge < -0.3 is 10.6 Å². The zero-order valence-corrected chi connectivity index (χ0v) is 9.29. The van der Waals surface area contributed by atoms with Crippen LogP contribution in [0.4, 0.5) is 10.5 Å². The van der Waals surface area contributed by atoms with E-state index in [1.54, 1.807) is 0 Å². The second-order valence-electron chi connectivity index (χ2n) is 3.65. The third kappa shape index (κ3) is 4.49. The van der Waals surface area contributed by atoms with E-state index >= 15 is 0 Å². The first-order chi connectivity index (χ1) is 7.22. The number of nitrogens with one attached hydrogen (secondary N) is 2. The molecule has 1 rings (SSSR count). The molecule has 0 saturated heterocycles. The normalized spacial score (nSPS) is 11.9. The van der Waals surface area contributed by atoms with Gasteiger partial charge in [-0.25, -0.2) is 4.79 Å². The second kappa shape index (κ2) is 6.06. The summed E-state index contributed by atoms with van der Waals surface area (Å²) in [5.41, 5.74) is 0.818. The fourth-order valence-corrected chi connectivity index (χ4v) is 1.42. The molecule has 3 heteroatoms. The van der Waals surface area contributed by atoms with Crippen LogP contribution in [-0.2, 0) is 0 Å².